The van der Waals surface area contributed by atoms with Crippen LogP contribution in [0, 0.1) is 0 Å². The first-order valence-electron chi connectivity index (χ1n) is 7.95. The van der Waals surface area contributed by atoms with Crippen molar-refractivity contribution in [2.24, 2.45) is 0 Å². The van der Waals surface area contributed by atoms with E-state index in [2.05, 4.69) is 10.6 Å². The number of carbonyl (C=O) groups is 3. The predicted octanol–water partition coefficient (Wildman–Crippen LogP) is 3.33. The number of hydrogen-bond acceptors (Lipinski definition) is 4. The Kier molecular flexibility index (Phi) is 6.74. The van der Waals surface area contributed by atoms with Crippen LogP contribution in [0.4, 0.5) is 5.69 Å². The van der Waals surface area contributed by atoms with Crippen molar-refractivity contribution in [1.82, 2.24) is 5.32 Å². The molecule has 0 aromatic heterocycles. The van der Waals surface area contributed by atoms with Gasteiger partial charge in [0.25, 0.3) is 5.91 Å². The van der Waals surface area contributed by atoms with Crippen LogP contribution in [0.1, 0.15) is 35.8 Å². The van der Waals surface area contributed by atoms with Crippen LogP contribution in [0.3, 0.4) is 0 Å². The molecule has 0 saturated carbocycles. The lowest BCUT2D eigenvalue weighted by Gasteiger charge is -2.15. The summed E-state index contributed by atoms with van der Waals surface area (Å²) >= 11 is 6.09. The van der Waals surface area contributed by atoms with E-state index in [1.165, 1.54) is 19.1 Å². The molecule has 26 heavy (non-hydrogen) atoms. The summed E-state index contributed by atoms with van der Waals surface area (Å²) in [6, 6.07) is 13.1. The van der Waals surface area contributed by atoms with Gasteiger partial charge in [0.05, 0.1) is 11.6 Å². The SMILES string of the molecule is CC(=O)Nc1cccc(C(=O)OCC(=O)NC(C)c2ccccc2Cl)c1. The molecule has 0 fully saturated rings. The first-order chi connectivity index (χ1) is 12.4. The molecule has 2 N–H and O–H groups in total. The maximum Gasteiger partial charge on any atom is 0.338 e. The highest BCUT2D eigenvalue weighted by atomic mass is 35.5. The fourth-order valence-corrected chi connectivity index (χ4v) is 2.63. The first kappa shape index (κ1) is 19.5. The van der Waals surface area contributed by atoms with Gasteiger partial charge in [0, 0.05) is 17.6 Å². The van der Waals surface area contributed by atoms with E-state index in [9.17, 15) is 14.4 Å². The van der Waals surface area contributed by atoms with Crippen molar-refractivity contribution in [1.29, 1.82) is 0 Å². The lowest BCUT2D eigenvalue weighted by Crippen LogP contribution is -2.31. The Hall–Kier alpha value is -2.86. The van der Waals surface area contributed by atoms with Gasteiger partial charge in [-0.2, -0.15) is 0 Å². The number of anilines is 1. The summed E-state index contributed by atoms with van der Waals surface area (Å²) in [5.74, 6) is -1.34. The summed E-state index contributed by atoms with van der Waals surface area (Å²) in [7, 11) is 0. The second kappa shape index (κ2) is 9.01. The number of benzene rings is 2. The number of nitrogens with one attached hydrogen (secondary N) is 2. The second-order valence-corrected chi connectivity index (χ2v) is 6.06. The zero-order valence-corrected chi connectivity index (χ0v) is 15.2. The molecule has 0 aliphatic carbocycles. The third-order valence-corrected chi connectivity index (χ3v) is 3.85. The molecule has 0 saturated heterocycles. The van der Waals surface area contributed by atoms with E-state index < -0.39 is 18.5 Å². The Morgan fingerprint density at radius 1 is 1.12 bits per heavy atom. The summed E-state index contributed by atoms with van der Waals surface area (Å²) in [4.78, 5) is 35.1. The highest BCUT2D eigenvalue weighted by molar-refractivity contribution is 6.31. The maximum absolute atomic E-state index is 12.1. The number of esters is 1. The summed E-state index contributed by atoms with van der Waals surface area (Å²) in [5, 5.41) is 5.85. The van der Waals surface area contributed by atoms with Gasteiger partial charge < -0.3 is 15.4 Å². The molecular weight excluding hydrogens is 356 g/mol. The van der Waals surface area contributed by atoms with E-state index in [0.29, 0.717) is 10.7 Å². The average molecular weight is 375 g/mol. The third-order valence-electron chi connectivity index (χ3n) is 3.50. The molecule has 0 spiro atoms. The smallest absolute Gasteiger partial charge is 0.338 e. The highest BCUT2D eigenvalue weighted by Crippen LogP contribution is 2.22. The molecule has 0 aliphatic rings. The number of ether oxygens (including phenoxy) is 1. The Morgan fingerprint density at radius 2 is 1.85 bits per heavy atom. The van der Waals surface area contributed by atoms with Gasteiger partial charge in [-0.05, 0) is 36.8 Å². The zero-order chi connectivity index (χ0) is 19.1. The minimum atomic E-state index is -0.655. The van der Waals surface area contributed by atoms with Crippen LogP contribution in [0.25, 0.3) is 0 Å². The van der Waals surface area contributed by atoms with E-state index in [-0.39, 0.29) is 17.5 Å². The fourth-order valence-electron chi connectivity index (χ4n) is 2.33. The van der Waals surface area contributed by atoms with E-state index in [0.717, 1.165) is 5.56 Å². The molecule has 1 unspecified atom stereocenters. The number of hydrogen-bond donors (Lipinski definition) is 2. The van der Waals surface area contributed by atoms with Crippen molar-refractivity contribution >= 4 is 35.1 Å². The zero-order valence-electron chi connectivity index (χ0n) is 14.4. The van der Waals surface area contributed by atoms with Crippen molar-refractivity contribution in [2.75, 3.05) is 11.9 Å². The number of carbonyl (C=O) groups excluding carboxylic acids is 3. The van der Waals surface area contributed by atoms with Crippen LogP contribution in [-0.2, 0) is 14.3 Å². The van der Waals surface area contributed by atoms with Gasteiger partial charge in [-0.15, -0.1) is 0 Å². The number of rotatable bonds is 6. The van der Waals surface area contributed by atoms with Gasteiger partial charge in [0.2, 0.25) is 5.91 Å². The standard InChI is InChI=1S/C19H19ClN2O4/c1-12(16-8-3-4-9-17(16)20)21-18(24)11-26-19(25)14-6-5-7-15(10-14)22-13(2)23/h3-10,12H,11H2,1-2H3,(H,21,24)(H,22,23). The van der Waals surface area contributed by atoms with E-state index in [1.54, 1.807) is 31.2 Å². The quantitative estimate of drug-likeness (QED) is 0.759. The Labute approximate surface area is 156 Å². The largest absolute Gasteiger partial charge is 0.452 e. The van der Waals surface area contributed by atoms with Gasteiger partial charge >= 0.3 is 5.97 Å². The summed E-state index contributed by atoms with van der Waals surface area (Å²) < 4.78 is 5.02. The average Bonchev–Trinajstić information content (AvgIpc) is 2.59. The molecule has 7 heteroatoms. The molecule has 2 aromatic rings. The van der Waals surface area contributed by atoms with Crippen LogP contribution in [0.5, 0.6) is 0 Å². The fraction of sp³-hybridized carbons (Fsp3) is 0.211. The normalized spacial score (nSPS) is 11.3. The Morgan fingerprint density at radius 3 is 2.54 bits per heavy atom. The topological polar surface area (TPSA) is 84.5 Å². The van der Waals surface area contributed by atoms with Crippen molar-refractivity contribution in [3.63, 3.8) is 0 Å². The molecule has 6 nitrogen and oxygen atoms in total. The lowest BCUT2D eigenvalue weighted by atomic mass is 10.1. The van der Waals surface area contributed by atoms with Crippen LogP contribution < -0.4 is 10.6 Å². The molecule has 0 bridgehead atoms. The van der Waals surface area contributed by atoms with Crippen molar-refractivity contribution in [3.8, 4) is 0 Å². The number of halogens is 1. The van der Waals surface area contributed by atoms with Crippen molar-refractivity contribution < 1.29 is 19.1 Å². The molecular formula is C19H19ClN2O4. The van der Waals surface area contributed by atoms with Gasteiger partial charge in [0.1, 0.15) is 0 Å². The molecule has 0 radical (unpaired) electrons. The third kappa shape index (κ3) is 5.60. The van der Waals surface area contributed by atoms with Gasteiger partial charge in [-0.1, -0.05) is 35.9 Å². The molecule has 0 aliphatic heterocycles. The summed E-state index contributed by atoms with van der Waals surface area (Å²) in [6.45, 7) is 2.74. The van der Waals surface area contributed by atoms with E-state index >= 15 is 0 Å². The first-order valence-corrected chi connectivity index (χ1v) is 8.33. The molecule has 2 rings (SSSR count). The molecule has 1 atom stereocenters. The van der Waals surface area contributed by atoms with E-state index in [4.69, 9.17) is 16.3 Å². The molecule has 136 valence electrons. The summed E-state index contributed by atoms with van der Waals surface area (Å²) in [5.41, 5.74) is 1.49. The van der Waals surface area contributed by atoms with Crippen LogP contribution in [0.2, 0.25) is 5.02 Å². The Balaban J connectivity index is 1.90. The summed E-state index contributed by atoms with van der Waals surface area (Å²) in [6.07, 6.45) is 0. The van der Waals surface area contributed by atoms with Crippen molar-refractivity contribution in [3.05, 3.63) is 64.7 Å². The molecule has 2 aromatic carbocycles. The van der Waals surface area contributed by atoms with Crippen LogP contribution in [0.15, 0.2) is 48.5 Å². The van der Waals surface area contributed by atoms with Gasteiger partial charge in [-0.25, -0.2) is 4.79 Å². The second-order valence-electron chi connectivity index (χ2n) is 5.65. The number of amides is 2. The predicted molar refractivity (Wildman–Crippen MR) is 99.0 cm³/mol. The highest BCUT2D eigenvalue weighted by Gasteiger charge is 2.15. The van der Waals surface area contributed by atoms with Gasteiger partial charge in [-0.3, -0.25) is 9.59 Å². The monoisotopic (exact) mass is 374 g/mol. The molecule has 2 amide bonds. The minimum Gasteiger partial charge on any atom is -0.452 e. The van der Waals surface area contributed by atoms with Crippen LogP contribution >= 0.6 is 11.6 Å². The van der Waals surface area contributed by atoms with Crippen LogP contribution in [-0.4, -0.2) is 24.4 Å². The Bertz CT molecular complexity index is 823. The minimum absolute atomic E-state index is 0.239. The van der Waals surface area contributed by atoms with Gasteiger partial charge in [0.15, 0.2) is 6.61 Å². The lowest BCUT2D eigenvalue weighted by molar-refractivity contribution is -0.124. The van der Waals surface area contributed by atoms with E-state index in [1.807, 2.05) is 12.1 Å². The van der Waals surface area contributed by atoms with Crippen molar-refractivity contribution in [2.45, 2.75) is 19.9 Å². The molecule has 0 heterocycles. The maximum atomic E-state index is 12.1.